The number of unbranched alkanes of at least 4 members (excludes halogenated alkanes) is 1. The lowest BCUT2D eigenvalue weighted by Crippen LogP contribution is -2.21. The van der Waals surface area contributed by atoms with E-state index in [0.29, 0.717) is 12.1 Å². The highest BCUT2D eigenvalue weighted by Crippen LogP contribution is 2.31. The van der Waals surface area contributed by atoms with Crippen LogP contribution in [0.25, 0.3) is 10.9 Å². The van der Waals surface area contributed by atoms with Gasteiger partial charge in [-0.1, -0.05) is 13.3 Å². The number of hydrogen-bond acceptors (Lipinski definition) is 3. The molecule has 1 aromatic heterocycles. The highest BCUT2D eigenvalue weighted by molar-refractivity contribution is 5.94. The molecule has 0 saturated carbocycles. The first-order valence-corrected chi connectivity index (χ1v) is 7.71. The minimum Gasteiger partial charge on any atom is -0.462 e. The van der Waals surface area contributed by atoms with Crippen LogP contribution in [0.5, 0.6) is 0 Å². The molecule has 0 N–H and O–H groups in total. The van der Waals surface area contributed by atoms with Crippen molar-refractivity contribution in [3.05, 3.63) is 45.7 Å². The Morgan fingerprint density at radius 2 is 1.96 bits per heavy atom. The summed E-state index contributed by atoms with van der Waals surface area (Å²) < 4.78 is 45.3. The molecule has 1 heterocycles. The summed E-state index contributed by atoms with van der Waals surface area (Å²) in [7, 11) is 0. The van der Waals surface area contributed by atoms with Crippen molar-refractivity contribution < 1.29 is 22.7 Å². The molecule has 2 rings (SSSR count). The molecule has 4 nitrogen and oxygen atoms in total. The van der Waals surface area contributed by atoms with Crippen LogP contribution in [0, 0.1) is 0 Å². The van der Waals surface area contributed by atoms with E-state index in [-0.39, 0.29) is 17.6 Å². The molecule has 0 saturated heterocycles. The second kappa shape index (κ2) is 7.07. The van der Waals surface area contributed by atoms with Crippen LogP contribution in [-0.4, -0.2) is 17.1 Å². The fraction of sp³-hybridized carbons (Fsp3) is 0.412. The first kappa shape index (κ1) is 18.0. The molecule has 0 radical (unpaired) electrons. The van der Waals surface area contributed by atoms with Crippen LogP contribution in [-0.2, 0) is 17.5 Å². The molecular formula is C17H18F3NO3. The van der Waals surface area contributed by atoms with Crippen LogP contribution >= 0.6 is 0 Å². The Balaban J connectivity index is 2.73. The van der Waals surface area contributed by atoms with Crippen molar-refractivity contribution in [3.8, 4) is 0 Å². The highest BCUT2D eigenvalue weighted by Gasteiger charge is 2.31. The van der Waals surface area contributed by atoms with Gasteiger partial charge in [-0.2, -0.15) is 13.2 Å². The average molecular weight is 341 g/mol. The van der Waals surface area contributed by atoms with E-state index in [1.54, 1.807) is 11.5 Å². The van der Waals surface area contributed by atoms with Crippen molar-refractivity contribution in [3.63, 3.8) is 0 Å². The van der Waals surface area contributed by atoms with Crippen molar-refractivity contribution in [2.24, 2.45) is 0 Å². The van der Waals surface area contributed by atoms with Gasteiger partial charge in [-0.15, -0.1) is 0 Å². The molecule has 7 heteroatoms. The van der Waals surface area contributed by atoms with Crippen LogP contribution in [0.3, 0.4) is 0 Å². The molecular weight excluding hydrogens is 323 g/mol. The number of carbonyl (C=O) groups excluding carboxylic acids is 1. The maximum absolute atomic E-state index is 12.9. The van der Waals surface area contributed by atoms with Gasteiger partial charge in [0.15, 0.2) is 0 Å². The van der Waals surface area contributed by atoms with E-state index in [2.05, 4.69) is 0 Å². The number of halogens is 3. The summed E-state index contributed by atoms with van der Waals surface area (Å²) in [6.45, 7) is 4.13. The number of aryl methyl sites for hydroxylation is 1. The van der Waals surface area contributed by atoms with E-state index in [4.69, 9.17) is 4.74 Å². The Kier molecular flexibility index (Phi) is 5.31. The van der Waals surface area contributed by atoms with Gasteiger partial charge < -0.3 is 9.30 Å². The molecule has 0 aliphatic heterocycles. The van der Waals surface area contributed by atoms with E-state index in [1.807, 2.05) is 6.92 Å². The first-order chi connectivity index (χ1) is 11.3. The summed E-state index contributed by atoms with van der Waals surface area (Å²) in [5.74, 6) is -0.827. The monoisotopic (exact) mass is 341 g/mol. The summed E-state index contributed by atoms with van der Waals surface area (Å²) in [6.07, 6.45) is -1.56. The Morgan fingerprint density at radius 1 is 1.25 bits per heavy atom. The second-order valence-corrected chi connectivity index (χ2v) is 5.37. The van der Waals surface area contributed by atoms with Gasteiger partial charge in [0.1, 0.15) is 5.56 Å². The molecule has 24 heavy (non-hydrogen) atoms. The number of hydrogen-bond donors (Lipinski definition) is 0. The number of aromatic nitrogens is 1. The molecule has 0 unspecified atom stereocenters. The number of pyridine rings is 1. The first-order valence-electron chi connectivity index (χ1n) is 7.71. The van der Waals surface area contributed by atoms with Crippen LogP contribution in [0.4, 0.5) is 13.2 Å². The third kappa shape index (κ3) is 3.60. The van der Waals surface area contributed by atoms with Crippen molar-refractivity contribution in [2.75, 3.05) is 6.61 Å². The quantitative estimate of drug-likeness (QED) is 0.773. The minimum absolute atomic E-state index is 0.0772. The zero-order valence-corrected chi connectivity index (χ0v) is 13.4. The van der Waals surface area contributed by atoms with E-state index < -0.39 is 23.1 Å². The molecule has 0 aliphatic rings. The number of esters is 1. The number of alkyl halides is 3. The van der Waals surface area contributed by atoms with E-state index >= 15 is 0 Å². The topological polar surface area (TPSA) is 48.3 Å². The molecule has 0 fully saturated rings. The highest BCUT2D eigenvalue weighted by atomic mass is 19.4. The second-order valence-electron chi connectivity index (χ2n) is 5.37. The predicted molar refractivity (Wildman–Crippen MR) is 84.1 cm³/mol. The molecule has 0 spiro atoms. The molecule has 1 aromatic carbocycles. The number of fused-ring (bicyclic) bond motifs is 1. The summed E-state index contributed by atoms with van der Waals surface area (Å²) >= 11 is 0. The standard InChI is InChI=1S/C17H18F3NO3/c1-3-5-8-21-10-13(16(23)24-4-2)15(22)12-9-11(17(18,19)20)6-7-14(12)21/h6-7,9-10H,3-5,8H2,1-2H3. The molecule has 130 valence electrons. The largest absolute Gasteiger partial charge is 0.462 e. The fourth-order valence-corrected chi connectivity index (χ4v) is 2.44. The van der Waals surface area contributed by atoms with Gasteiger partial charge in [0.2, 0.25) is 5.43 Å². The molecule has 2 aromatic rings. The van der Waals surface area contributed by atoms with Crippen LogP contribution in [0.1, 0.15) is 42.6 Å². The van der Waals surface area contributed by atoms with E-state index in [1.165, 1.54) is 12.3 Å². The summed E-state index contributed by atoms with van der Waals surface area (Å²) in [5, 5.41) is -0.133. The Morgan fingerprint density at radius 3 is 2.54 bits per heavy atom. The lowest BCUT2D eigenvalue weighted by Gasteiger charge is -2.14. The van der Waals surface area contributed by atoms with Gasteiger partial charge >= 0.3 is 12.1 Å². The Hall–Kier alpha value is -2.31. The fourth-order valence-electron chi connectivity index (χ4n) is 2.44. The number of rotatable bonds is 5. The molecule has 0 amide bonds. The van der Waals surface area contributed by atoms with Crippen molar-refractivity contribution in [1.29, 1.82) is 0 Å². The van der Waals surface area contributed by atoms with Gasteiger partial charge in [0, 0.05) is 18.1 Å². The smallest absolute Gasteiger partial charge is 0.416 e. The van der Waals surface area contributed by atoms with Crippen LogP contribution < -0.4 is 5.43 Å². The third-order valence-electron chi connectivity index (χ3n) is 3.66. The van der Waals surface area contributed by atoms with Gasteiger partial charge in [0.05, 0.1) is 17.7 Å². The number of carbonyl (C=O) groups is 1. The van der Waals surface area contributed by atoms with Crippen molar-refractivity contribution in [2.45, 2.75) is 39.4 Å². The predicted octanol–water partition coefficient (Wildman–Crippen LogP) is 4.00. The minimum atomic E-state index is -4.56. The normalized spacial score (nSPS) is 11.7. The van der Waals surface area contributed by atoms with Crippen LogP contribution in [0.15, 0.2) is 29.2 Å². The summed E-state index contributed by atoms with van der Waals surface area (Å²) in [5.41, 5.74) is -1.55. The van der Waals surface area contributed by atoms with Gasteiger partial charge in [-0.25, -0.2) is 4.79 Å². The average Bonchev–Trinajstić information content (AvgIpc) is 2.53. The molecule has 0 aliphatic carbocycles. The zero-order valence-electron chi connectivity index (χ0n) is 13.4. The van der Waals surface area contributed by atoms with Crippen molar-refractivity contribution >= 4 is 16.9 Å². The number of benzene rings is 1. The summed E-state index contributed by atoms with van der Waals surface area (Å²) in [4.78, 5) is 24.4. The lowest BCUT2D eigenvalue weighted by molar-refractivity contribution is -0.137. The van der Waals surface area contributed by atoms with Crippen molar-refractivity contribution in [1.82, 2.24) is 4.57 Å². The lowest BCUT2D eigenvalue weighted by atomic mass is 10.1. The van der Waals surface area contributed by atoms with Gasteiger partial charge in [-0.3, -0.25) is 4.79 Å². The zero-order chi connectivity index (χ0) is 17.9. The van der Waals surface area contributed by atoms with Gasteiger partial charge in [0.25, 0.3) is 0 Å². The maximum atomic E-state index is 12.9. The van der Waals surface area contributed by atoms with Gasteiger partial charge in [-0.05, 0) is 31.5 Å². The van der Waals surface area contributed by atoms with E-state index in [0.717, 1.165) is 25.0 Å². The summed E-state index contributed by atoms with van der Waals surface area (Å²) in [6, 6.07) is 3.00. The number of nitrogens with zero attached hydrogens (tertiary/aromatic N) is 1. The Bertz CT molecular complexity index is 809. The number of ether oxygens (including phenoxy) is 1. The van der Waals surface area contributed by atoms with Crippen LogP contribution in [0.2, 0.25) is 0 Å². The third-order valence-corrected chi connectivity index (χ3v) is 3.66. The van der Waals surface area contributed by atoms with E-state index in [9.17, 15) is 22.8 Å². The molecule has 0 bridgehead atoms. The maximum Gasteiger partial charge on any atom is 0.416 e. The Labute approximate surface area is 136 Å². The molecule has 0 atom stereocenters. The SMILES string of the molecule is CCCCn1cc(C(=O)OCC)c(=O)c2cc(C(F)(F)F)ccc21.